The Morgan fingerprint density at radius 3 is 2.87 bits per heavy atom. The zero-order valence-electron chi connectivity index (χ0n) is 8.70. The lowest BCUT2D eigenvalue weighted by Crippen LogP contribution is -2.46. The van der Waals surface area contributed by atoms with Gasteiger partial charge in [0.25, 0.3) is 0 Å². The van der Waals surface area contributed by atoms with Crippen LogP contribution >= 0.6 is 11.6 Å². The number of rotatable bonds is 2. The highest BCUT2D eigenvalue weighted by molar-refractivity contribution is 6.30. The molecule has 1 heterocycles. The van der Waals surface area contributed by atoms with Crippen LogP contribution in [0.2, 0.25) is 5.02 Å². The summed E-state index contributed by atoms with van der Waals surface area (Å²) < 4.78 is 0. The van der Waals surface area contributed by atoms with Gasteiger partial charge in [-0.05, 0) is 30.5 Å². The fourth-order valence-corrected chi connectivity index (χ4v) is 2.05. The van der Waals surface area contributed by atoms with E-state index < -0.39 is 0 Å². The van der Waals surface area contributed by atoms with Gasteiger partial charge in [0, 0.05) is 18.1 Å². The van der Waals surface area contributed by atoms with Crippen molar-refractivity contribution in [3.05, 3.63) is 28.8 Å². The van der Waals surface area contributed by atoms with Crippen molar-refractivity contribution in [2.75, 3.05) is 18.0 Å². The SMILES string of the molecule is CCC1CN(c2cc(Cl)ccc2C#N)C1. The van der Waals surface area contributed by atoms with Crippen LogP contribution in [0, 0.1) is 17.2 Å². The van der Waals surface area contributed by atoms with Gasteiger partial charge in [-0.15, -0.1) is 0 Å². The van der Waals surface area contributed by atoms with Crippen LogP contribution in [0.15, 0.2) is 18.2 Å². The molecule has 1 aromatic rings. The van der Waals surface area contributed by atoms with Crippen molar-refractivity contribution in [3.8, 4) is 6.07 Å². The third-order valence-corrected chi connectivity index (χ3v) is 3.19. The number of anilines is 1. The van der Waals surface area contributed by atoms with Crippen LogP contribution in [0.4, 0.5) is 5.69 Å². The first-order chi connectivity index (χ1) is 7.24. The molecule has 78 valence electrons. The Labute approximate surface area is 95.1 Å². The van der Waals surface area contributed by atoms with Crippen LogP contribution < -0.4 is 4.90 Å². The first-order valence-corrected chi connectivity index (χ1v) is 5.57. The monoisotopic (exact) mass is 220 g/mol. The van der Waals surface area contributed by atoms with Gasteiger partial charge in [0.05, 0.1) is 11.3 Å². The Balaban J connectivity index is 2.21. The molecule has 3 heteroatoms. The maximum atomic E-state index is 8.98. The molecule has 1 aliphatic heterocycles. The van der Waals surface area contributed by atoms with Crippen LogP contribution in [-0.2, 0) is 0 Å². The van der Waals surface area contributed by atoms with Crippen molar-refractivity contribution in [2.45, 2.75) is 13.3 Å². The summed E-state index contributed by atoms with van der Waals surface area (Å²) in [5.41, 5.74) is 1.70. The summed E-state index contributed by atoms with van der Waals surface area (Å²) in [4.78, 5) is 2.22. The molecular weight excluding hydrogens is 208 g/mol. The molecule has 0 aliphatic carbocycles. The first-order valence-electron chi connectivity index (χ1n) is 5.19. The molecule has 0 aromatic heterocycles. The van der Waals surface area contributed by atoms with E-state index in [0.29, 0.717) is 10.6 Å². The molecule has 1 saturated heterocycles. The minimum Gasteiger partial charge on any atom is -0.370 e. The quantitative estimate of drug-likeness (QED) is 0.766. The Morgan fingerprint density at radius 1 is 1.53 bits per heavy atom. The summed E-state index contributed by atoms with van der Waals surface area (Å²) in [6.45, 7) is 4.29. The van der Waals surface area contributed by atoms with Crippen molar-refractivity contribution in [2.24, 2.45) is 5.92 Å². The summed E-state index contributed by atoms with van der Waals surface area (Å²) >= 11 is 5.93. The minimum absolute atomic E-state index is 0.698. The van der Waals surface area contributed by atoms with E-state index in [4.69, 9.17) is 16.9 Å². The zero-order valence-corrected chi connectivity index (χ0v) is 9.46. The van der Waals surface area contributed by atoms with E-state index in [1.165, 1.54) is 6.42 Å². The molecule has 2 nitrogen and oxygen atoms in total. The molecule has 15 heavy (non-hydrogen) atoms. The number of hydrogen-bond donors (Lipinski definition) is 0. The van der Waals surface area contributed by atoms with Gasteiger partial charge in [0.2, 0.25) is 0 Å². The summed E-state index contributed by atoms with van der Waals surface area (Å²) in [7, 11) is 0. The Bertz CT molecular complexity index is 403. The number of hydrogen-bond acceptors (Lipinski definition) is 2. The normalized spacial score (nSPS) is 15.9. The molecule has 0 radical (unpaired) electrons. The second-order valence-electron chi connectivity index (χ2n) is 3.95. The van der Waals surface area contributed by atoms with Gasteiger partial charge in [0.15, 0.2) is 0 Å². The lowest BCUT2D eigenvalue weighted by Gasteiger charge is -2.41. The fourth-order valence-electron chi connectivity index (χ4n) is 1.89. The number of nitriles is 1. The summed E-state index contributed by atoms with van der Waals surface area (Å²) in [6, 6.07) is 7.64. The molecule has 0 spiro atoms. The molecular formula is C12H13ClN2. The molecule has 1 fully saturated rings. The number of benzene rings is 1. The van der Waals surface area contributed by atoms with E-state index in [-0.39, 0.29) is 0 Å². The minimum atomic E-state index is 0.698. The Kier molecular flexibility index (Phi) is 2.83. The van der Waals surface area contributed by atoms with Crippen molar-refractivity contribution in [1.29, 1.82) is 5.26 Å². The number of nitrogens with zero attached hydrogens (tertiary/aromatic N) is 2. The standard InChI is InChI=1S/C12H13ClN2/c1-2-9-7-15(8-9)12-5-11(13)4-3-10(12)6-14/h3-5,9H,2,7-8H2,1H3. The van der Waals surface area contributed by atoms with Crippen molar-refractivity contribution < 1.29 is 0 Å². The second kappa shape index (κ2) is 4.12. The van der Waals surface area contributed by atoms with E-state index in [0.717, 1.165) is 24.7 Å². The van der Waals surface area contributed by atoms with Crippen LogP contribution in [0.25, 0.3) is 0 Å². The van der Waals surface area contributed by atoms with Gasteiger partial charge in [0.1, 0.15) is 6.07 Å². The Morgan fingerprint density at radius 2 is 2.27 bits per heavy atom. The largest absolute Gasteiger partial charge is 0.370 e. The molecule has 0 bridgehead atoms. The average Bonchev–Trinajstić information content (AvgIpc) is 2.16. The molecule has 1 aliphatic rings. The van der Waals surface area contributed by atoms with E-state index in [9.17, 15) is 0 Å². The fraction of sp³-hybridized carbons (Fsp3) is 0.417. The average molecular weight is 221 g/mol. The highest BCUT2D eigenvalue weighted by Crippen LogP contribution is 2.31. The van der Waals surface area contributed by atoms with Crippen molar-refractivity contribution in [1.82, 2.24) is 0 Å². The summed E-state index contributed by atoms with van der Waals surface area (Å²) in [5.74, 6) is 0.774. The van der Waals surface area contributed by atoms with E-state index >= 15 is 0 Å². The first kappa shape index (κ1) is 10.3. The molecule has 0 unspecified atom stereocenters. The van der Waals surface area contributed by atoms with Crippen LogP contribution in [0.5, 0.6) is 0 Å². The lowest BCUT2D eigenvalue weighted by atomic mass is 9.95. The third kappa shape index (κ3) is 1.93. The van der Waals surface area contributed by atoms with Crippen LogP contribution in [-0.4, -0.2) is 13.1 Å². The van der Waals surface area contributed by atoms with E-state index in [1.54, 1.807) is 12.1 Å². The predicted octanol–water partition coefficient (Wildman–Crippen LogP) is 3.06. The highest BCUT2D eigenvalue weighted by atomic mass is 35.5. The number of halogens is 1. The zero-order chi connectivity index (χ0) is 10.8. The van der Waals surface area contributed by atoms with Crippen molar-refractivity contribution in [3.63, 3.8) is 0 Å². The summed E-state index contributed by atoms with van der Waals surface area (Å²) in [5, 5.41) is 9.68. The Hall–Kier alpha value is -1.20. The van der Waals surface area contributed by atoms with Crippen LogP contribution in [0.3, 0.4) is 0 Å². The molecule has 0 N–H and O–H groups in total. The molecule has 2 rings (SSSR count). The second-order valence-corrected chi connectivity index (χ2v) is 4.39. The van der Waals surface area contributed by atoms with Gasteiger partial charge in [-0.1, -0.05) is 18.5 Å². The predicted molar refractivity (Wildman–Crippen MR) is 62.2 cm³/mol. The van der Waals surface area contributed by atoms with Gasteiger partial charge in [-0.3, -0.25) is 0 Å². The molecule has 0 saturated carbocycles. The molecule has 1 aromatic carbocycles. The van der Waals surface area contributed by atoms with Gasteiger partial charge >= 0.3 is 0 Å². The van der Waals surface area contributed by atoms with Crippen LogP contribution in [0.1, 0.15) is 18.9 Å². The van der Waals surface area contributed by atoms with Gasteiger partial charge in [-0.25, -0.2) is 0 Å². The lowest BCUT2D eigenvalue weighted by molar-refractivity contribution is 0.398. The van der Waals surface area contributed by atoms with E-state index in [2.05, 4.69) is 17.9 Å². The van der Waals surface area contributed by atoms with E-state index in [1.807, 2.05) is 6.07 Å². The topological polar surface area (TPSA) is 27.0 Å². The van der Waals surface area contributed by atoms with Gasteiger partial charge < -0.3 is 4.90 Å². The molecule has 0 atom stereocenters. The maximum Gasteiger partial charge on any atom is 0.101 e. The molecule has 0 amide bonds. The third-order valence-electron chi connectivity index (χ3n) is 2.96. The highest BCUT2D eigenvalue weighted by Gasteiger charge is 2.26. The van der Waals surface area contributed by atoms with Crippen molar-refractivity contribution >= 4 is 17.3 Å². The summed E-state index contributed by atoms with van der Waals surface area (Å²) in [6.07, 6.45) is 1.21. The maximum absolute atomic E-state index is 8.98. The van der Waals surface area contributed by atoms with Gasteiger partial charge in [-0.2, -0.15) is 5.26 Å². The smallest absolute Gasteiger partial charge is 0.101 e.